The second kappa shape index (κ2) is 7.93. The molecule has 5 heteroatoms. The summed E-state index contributed by atoms with van der Waals surface area (Å²) in [4.78, 5) is 20.6. The first-order chi connectivity index (χ1) is 11.7. The van der Waals surface area contributed by atoms with Gasteiger partial charge in [-0.05, 0) is 31.2 Å². The molecular formula is C19H23N3O2. The van der Waals surface area contributed by atoms with E-state index < -0.39 is 0 Å². The zero-order valence-electron chi connectivity index (χ0n) is 14.0. The molecule has 1 aromatic heterocycles. The van der Waals surface area contributed by atoms with Crippen LogP contribution in [0.5, 0.6) is 5.75 Å². The van der Waals surface area contributed by atoms with Crippen molar-refractivity contribution in [2.24, 2.45) is 0 Å². The molecule has 3 rings (SSSR count). The molecular weight excluding hydrogens is 302 g/mol. The Labute approximate surface area is 142 Å². The van der Waals surface area contributed by atoms with E-state index in [1.807, 2.05) is 17.0 Å². The van der Waals surface area contributed by atoms with Gasteiger partial charge in [-0.2, -0.15) is 0 Å². The summed E-state index contributed by atoms with van der Waals surface area (Å²) in [6.07, 6.45) is 3.32. The first-order valence-electron chi connectivity index (χ1n) is 8.33. The molecule has 0 spiro atoms. The third kappa shape index (κ3) is 4.32. The summed E-state index contributed by atoms with van der Waals surface area (Å²) in [6.45, 7) is 6.89. The Morgan fingerprint density at radius 1 is 1.04 bits per heavy atom. The number of aromatic nitrogens is 1. The number of rotatable bonds is 5. The predicted molar refractivity (Wildman–Crippen MR) is 93.3 cm³/mol. The first kappa shape index (κ1) is 16.5. The Morgan fingerprint density at radius 2 is 1.71 bits per heavy atom. The van der Waals surface area contributed by atoms with Crippen molar-refractivity contribution >= 4 is 5.91 Å². The van der Waals surface area contributed by atoms with Crippen molar-refractivity contribution in [3.05, 3.63) is 59.9 Å². The fraction of sp³-hybridized carbons (Fsp3) is 0.368. The molecule has 24 heavy (non-hydrogen) atoms. The van der Waals surface area contributed by atoms with Crippen LogP contribution in [-0.4, -0.2) is 60.0 Å². The summed E-state index contributed by atoms with van der Waals surface area (Å²) >= 11 is 0. The highest BCUT2D eigenvalue weighted by Gasteiger charge is 2.21. The summed E-state index contributed by atoms with van der Waals surface area (Å²) in [6, 6.07) is 11.6. The highest BCUT2D eigenvalue weighted by molar-refractivity contribution is 5.94. The average molecular weight is 325 g/mol. The SMILES string of the molecule is Cc1ccc(OCCN2CCN(C(=O)c3ccncc3)CC2)cc1. The molecule has 126 valence electrons. The summed E-state index contributed by atoms with van der Waals surface area (Å²) in [5.74, 6) is 1.00. The number of hydrogen-bond acceptors (Lipinski definition) is 4. The average Bonchev–Trinajstić information content (AvgIpc) is 2.64. The molecule has 0 aliphatic carbocycles. The Morgan fingerprint density at radius 3 is 2.38 bits per heavy atom. The maximum Gasteiger partial charge on any atom is 0.254 e. The lowest BCUT2D eigenvalue weighted by molar-refractivity contribution is 0.0620. The third-order valence-corrected chi connectivity index (χ3v) is 4.28. The largest absolute Gasteiger partial charge is 0.492 e. The van der Waals surface area contributed by atoms with E-state index in [1.165, 1.54) is 5.56 Å². The van der Waals surface area contributed by atoms with E-state index in [4.69, 9.17) is 4.74 Å². The van der Waals surface area contributed by atoms with E-state index in [0.717, 1.165) is 38.5 Å². The summed E-state index contributed by atoms with van der Waals surface area (Å²) in [5, 5.41) is 0. The smallest absolute Gasteiger partial charge is 0.254 e. The molecule has 1 saturated heterocycles. The maximum atomic E-state index is 12.4. The van der Waals surface area contributed by atoms with Gasteiger partial charge in [0.25, 0.3) is 5.91 Å². The van der Waals surface area contributed by atoms with Crippen molar-refractivity contribution in [3.8, 4) is 5.75 Å². The van der Waals surface area contributed by atoms with Gasteiger partial charge in [0.2, 0.25) is 0 Å². The van der Waals surface area contributed by atoms with Gasteiger partial charge in [-0.1, -0.05) is 17.7 Å². The van der Waals surface area contributed by atoms with Crippen molar-refractivity contribution in [1.82, 2.24) is 14.8 Å². The summed E-state index contributed by atoms with van der Waals surface area (Å²) in [5.41, 5.74) is 1.94. The van der Waals surface area contributed by atoms with Crippen LogP contribution in [0.2, 0.25) is 0 Å². The molecule has 1 aliphatic rings. The van der Waals surface area contributed by atoms with E-state index in [9.17, 15) is 4.79 Å². The zero-order valence-corrected chi connectivity index (χ0v) is 14.0. The molecule has 0 unspecified atom stereocenters. The van der Waals surface area contributed by atoms with Crippen LogP contribution in [0.25, 0.3) is 0 Å². The minimum Gasteiger partial charge on any atom is -0.492 e. The molecule has 2 aromatic rings. The second-order valence-corrected chi connectivity index (χ2v) is 6.03. The van der Waals surface area contributed by atoms with Gasteiger partial charge in [0.1, 0.15) is 12.4 Å². The lowest BCUT2D eigenvalue weighted by atomic mass is 10.2. The van der Waals surface area contributed by atoms with Crippen LogP contribution >= 0.6 is 0 Å². The molecule has 0 bridgehead atoms. The zero-order chi connectivity index (χ0) is 16.8. The number of nitrogens with zero attached hydrogens (tertiary/aromatic N) is 3. The molecule has 2 heterocycles. The van der Waals surface area contributed by atoms with Gasteiger partial charge in [-0.15, -0.1) is 0 Å². The number of ether oxygens (including phenoxy) is 1. The van der Waals surface area contributed by atoms with E-state index >= 15 is 0 Å². The van der Waals surface area contributed by atoms with Crippen molar-refractivity contribution in [3.63, 3.8) is 0 Å². The number of piperazine rings is 1. The Kier molecular flexibility index (Phi) is 5.43. The van der Waals surface area contributed by atoms with E-state index in [0.29, 0.717) is 12.2 Å². The molecule has 5 nitrogen and oxygen atoms in total. The fourth-order valence-corrected chi connectivity index (χ4v) is 2.78. The van der Waals surface area contributed by atoms with Crippen LogP contribution in [0.3, 0.4) is 0 Å². The fourth-order valence-electron chi connectivity index (χ4n) is 2.78. The van der Waals surface area contributed by atoms with Crippen LogP contribution in [0, 0.1) is 6.92 Å². The number of hydrogen-bond donors (Lipinski definition) is 0. The quantitative estimate of drug-likeness (QED) is 0.846. The molecule has 0 radical (unpaired) electrons. The maximum absolute atomic E-state index is 12.4. The molecule has 0 atom stereocenters. The van der Waals surface area contributed by atoms with Gasteiger partial charge in [-0.25, -0.2) is 0 Å². The van der Waals surface area contributed by atoms with Crippen molar-refractivity contribution in [1.29, 1.82) is 0 Å². The second-order valence-electron chi connectivity index (χ2n) is 6.03. The van der Waals surface area contributed by atoms with Gasteiger partial charge in [0, 0.05) is 50.7 Å². The molecule has 1 aromatic carbocycles. The van der Waals surface area contributed by atoms with Crippen LogP contribution in [-0.2, 0) is 0 Å². The Hall–Kier alpha value is -2.40. The van der Waals surface area contributed by atoms with E-state index in [1.54, 1.807) is 24.5 Å². The first-order valence-corrected chi connectivity index (χ1v) is 8.33. The standard InChI is InChI=1S/C19H23N3O2/c1-16-2-4-18(5-3-16)24-15-14-21-10-12-22(13-11-21)19(23)17-6-8-20-9-7-17/h2-9H,10-15H2,1H3. The van der Waals surface area contributed by atoms with Gasteiger partial charge in [0.05, 0.1) is 0 Å². The Balaban J connectivity index is 1.40. The monoisotopic (exact) mass is 325 g/mol. The molecule has 1 fully saturated rings. The van der Waals surface area contributed by atoms with Crippen LogP contribution in [0.1, 0.15) is 15.9 Å². The number of carbonyl (C=O) groups is 1. The van der Waals surface area contributed by atoms with Gasteiger partial charge in [-0.3, -0.25) is 14.7 Å². The number of amides is 1. The molecule has 1 amide bonds. The summed E-state index contributed by atoms with van der Waals surface area (Å²) in [7, 11) is 0. The van der Waals surface area contributed by atoms with Gasteiger partial charge in [0.15, 0.2) is 0 Å². The highest BCUT2D eigenvalue weighted by Crippen LogP contribution is 2.12. The topological polar surface area (TPSA) is 45.7 Å². The van der Waals surface area contributed by atoms with Crippen LogP contribution in [0.4, 0.5) is 0 Å². The van der Waals surface area contributed by atoms with E-state index in [2.05, 4.69) is 28.9 Å². The van der Waals surface area contributed by atoms with Crippen molar-refractivity contribution < 1.29 is 9.53 Å². The van der Waals surface area contributed by atoms with E-state index in [-0.39, 0.29) is 5.91 Å². The Bertz CT molecular complexity index is 650. The third-order valence-electron chi connectivity index (χ3n) is 4.28. The molecule has 0 N–H and O–H groups in total. The highest BCUT2D eigenvalue weighted by atomic mass is 16.5. The lowest BCUT2D eigenvalue weighted by Crippen LogP contribution is -2.49. The van der Waals surface area contributed by atoms with Crippen LogP contribution < -0.4 is 4.74 Å². The number of carbonyl (C=O) groups excluding carboxylic acids is 1. The predicted octanol–water partition coefficient (Wildman–Crippen LogP) is 2.23. The summed E-state index contributed by atoms with van der Waals surface area (Å²) < 4.78 is 5.78. The minimum atomic E-state index is 0.0907. The normalized spacial score (nSPS) is 15.3. The van der Waals surface area contributed by atoms with Crippen molar-refractivity contribution in [2.45, 2.75) is 6.92 Å². The van der Waals surface area contributed by atoms with Crippen molar-refractivity contribution in [2.75, 3.05) is 39.3 Å². The minimum absolute atomic E-state index is 0.0907. The number of benzene rings is 1. The lowest BCUT2D eigenvalue weighted by Gasteiger charge is -2.34. The number of pyridine rings is 1. The molecule has 1 aliphatic heterocycles. The molecule has 0 saturated carbocycles. The van der Waals surface area contributed by atoms with Gasteiger partial charge >= 0.3 is 0 Å². The van der Waals surface area contributed by atoms with Gasteiger partial charge < -0.3 is 9.64 Å². The number of aryl methyl sites for hydroxylation is 1. The van der Waals surface area contributed by atoms with Crippen LogP contribution in [0.15, 0.2) is 48.8 Å².